The van der Waals surface area contributed by atoms with Crippen molar-refractivity contribution in [3.05, 3.63) is 0 Å². The van der Waals surface area contributed by atoms with Crippen molar-refractivity contribution in [1.29, 1.82) is 0 Å². The summed E-state index contributed by atoms with van der Waals surface area (Å²) in [6.45, 7) is 4.14. The van der Waals surface area contributed by atoms with Crippen molar-refractivity contribution in [2.45, 2.75) is 88.3 Å². The average molecular weight is 434 g/mol. The first-order chi connectivity index (χ1) is 14.5. The van der Waals surface area contributed by atoms with Crippen LogP contribution in [0.4, 0.5) is 0 Å². The second-order valence-electron chi connectivity index (χ2n) is 11.4. The Morgan fingerprint density at radius 1 is 1.23 bits per heavy atom. The second-order valence-corrected chi connectivity index (χ2v) is 11.4. The van der Waals surface area contributed by atoms with Crippen LogP contribution < -0.4 is 0 Å². The summed E-state index contributed by atoms with van der Waals surface area (Å²) in [6.07, 6.45) is 1.77. The van der Waals surface area contributed by atoms with Gasteiger partial charge in [-0.15, -0.1) is 0 Å². The number of aliphatic carboxylic acids is 2. The fourth-order valence-corrected chi connectivity index (χ4v) is 8.96. The molecule has 1 spiro atoms. The molecule has 8 heteroatoms. The van der Waals surface area contributed by atoms with Gasteiger partial charge in [-0.05, 0) is 43.9 Å². The summed E-state index contributed by atoms with van der Waals surface area (Å²) in [6, 6.07) is 0. The number of ketones is 1. The molecular weight excluding hydrogens is 404 g/mol. The molecule has 31 heavy (non-hydrogen) atoms. The van der Waals surface area contributed by atoms with Crippen molar-refractivity contribution < 1.29 is 39.2 Å². The molecule has 0 bridgehead atoms. The number of epoxide rings is 2. The molecule has 0 aromatic rings. The molecule has 0 aromatic carbocycles. The molecular formula is C23H30O8. The second kappa shape index (κ2) is 5.69. The Balaban J connectivity index is 1.43. The van der Waals surface area contributed by atoms with Gasteiger partial charge in [0.2, 0.25) is 0 Å². The molecule has 3 N–H and O–H groups in total. The highest BCUT2D eigenvalue weighted by atomic mass is 16.6. The molecule has 6 rings (SSSR count). The predicted molar refractivity (Wildman–Crippen MR) is 104 cm³/mol. The van der Waals surface area contributed by atoms with Crippen molar-refractivity contribution >= 4 is 17.7 Å². The SMILES string of the molecule is C[C@@]12C(CC(=O)C3OC31)C[C@@H](C(=O)O)[C@H]1[C@@H]3CC[C@@](O)(CCC(=O)O)[C@@]3(C)C[C@H]3O[C@@]132. The normalized spacial score (nSPS) is 58.3. The summed E-state index contributed by atoms with van der Waals surface area (Å²) in [5.41, 5.74) is -2.78. The maximum absolute atomic E-state index is 12.5. The first kappa shape index (κ1) is 20.1. The lowest BCUT2D eigenvalue weighted by molar-refractivity contribution is -0.178. The van der Waals surface area contributed by atoms with E-state index < -0.39 is 39.9 Å². The van der Waals surface area contributed by atoms with Crippen molar-refractivity contribution in [2.75, 3.05) is 0 Å². The van der Waals surface area contributed by atoms with Gasteiger partial charge >= 0.3 is 11.9 Å². The van der Waals surface area contributed by atoms with Gasteiger partial charge in [0.1, 0.15) is 17.8 Å². The molecule has 0 amide bonds. The summed E-state index contributed by atoms with van der Waals surface area (Å²) >= 11 is 0. The highest BCUT2D eigenvalue weighted by Gasteiger charge is 2.87. The van der Waals surface area contributed by atoms with Gasteiger partial charge in [0, 0.05) is 29.6 Å². The minimum absolute atomic E-state index is 0.0706. The number of carboxylic acids is 2. The van der Waals surface area contributed by atoms with Gasteiger partial charge in [-0.1, -0.05) is 13.8 Å². The molecule has 3 unspecified atom stereocenters. The van der Waals surface area contributed by atoms with E-state index in [9.17, 15) is 29.7 Å². The van der Waals surface area contributed by atoms with Crippen LogP contribution in [0.5, 0.6) is 0 Å². The Bertz CT molecular complexity index is 902. The average Bonchev–Trinajstić information content (AvgIpc) is 3.58. The number of carbonyl (C=O) groups excluding carboxylic acids is 1. The van der Waals surface area contributed by atoms with Crippen LogP contribution in [0.2, 0.25) is 0 Å². The van der Waals surface area contributed by atoms with Gasteiger partial charge in [0.05, 0.1) is 17.6 Å². The lowest BCUT2D eigenvalue weighted by Crippen LogP contribution is -2.67. The first-order valence-electron chi connectivity index (χ1n) is 11.5. The number of carboxylic acid groups (broad SMARTS) is 2. The van der Waals surface area contributed by atoms with Gasteiger partial charge in [-0.25, -0.2) is 0 Å². The smallest absolute Gasteiger partial charge is 0.306 e. The van der Waals surface area contributed by atoms with Crippen LogP contribution >= 0.6 is 0 Å². The largest absolute Gasteiger partial charge is 0.481 e. The monoisotopic (exact) mass is 434 g/mol. The number of carbonyl (C=O) groups is 3. The quantitative estimate of drug-likeness (QED) is 0.568. The third-order valence-electron chi connectivity index (χ3n) is 10.6. The summed E-state index contributed by atoms with van der Waals surface area (Å²) in [5, 5.41) is 31.0. The molecule has 6 aliphatic rings. The molecule has 2 aliphatic heterocycles. The van der Waals surface area contributed by atoms with Gasteiger partial charge in [-0.2, -0.15) is 0 Å². The zero-order valence-corrected chi connectivity index (χ0v) is 17.9. The Morgan fingerprint density at radius 3 is 2.65 bits per heavy atom. The maximum Gasteiger partial charge on any atom is 0.306 e. The minimum atomic E-state index is -1.14. The summed E-state index contributed by atoms with van der Waals surface area (Å²) in [5.74, 6) is -2.79. The number of hydrogen-bond donors (Lipinski definition) is 3. The lowest BCUT2D eigenvalue weighted by atomic mass is 9.41. The molecule has 4 saturated carbocycles. The Morgan fingerprint density at radius 2 is 1.97 bits per heavy atom. The van der Waals surface area contributed by atoms with Crippen molar-refractivity contribution in [2.24, 2.45) is 34.5 Å². The number of fused-ring (bicyclic) bond motifs is 5. The van der Waals surface area contributed by atoms with Gasteiger partial charge in [-0.3, -0.25) is 14.4 Å². The van der Waals surface area contributed by atoms with Crippen molar-refractivity contribution in [1.82, 2.24) is 0 Å². The van der Waals surface area contributed by atoms with E-state index in [-0.39, 0.29) is 54.7 Å². The highest BCUT2D eigenvalue weighted by molar-refractivity contribution is 5.88. The van der Waals surface area contributed by atoms with Crippen LogP contribution in [0.15, 0.2) is 0 Å². The summed E-state index contributed by atoms with van der Waals surface area (Å²) in [7, 11) is 0. The number of aliphatic hydroxyl groups is 1. The van der Waals surface area contributed by atoms with Gasteiger partial charge in [0.25, 0.3) is 0 Å². The van der Waals surface area contributed by atoms with Gasteiger partial charge < -0.3 is 24.8 Å². The molecule has 4 aliphatic carbocycles. The molecule has 0 radical (unpaired) electrons. The first-order valence-corrected chi connectivity index (χ1v) is 11.5. The van der Waals surface area contributed by atoms with E-state index in [0.29, 0.717) is 32.1 Å². The Kier molecular flexibility index (Phi) is 3.70. The standard InChI is InChI=1S/C23H30O8/c1-20-9-14-23(31-14)16(12(20)3-5-22(20,29)6-4-15(25)26)11(19(27)28)7-10-8-13(24)17-18(30-17)21(10,23)2/h10-12,14,16-18,29H,3-9H2,1-2H3,(H,25,26)(H,27,28)/t10?,11-,12+,14-,16+,17?,18?,20+,21-,22-,23-/m1/s1. The molecule has 6 fully saturated rings. The van der Waals surface area contributed by atoms with E-state index in [2.05, 4.69) is 6.92 Å². The van der Waals surface area contributed by atoms with Crippen LogP contribution in [-0.4, -0.2) is 62.6 Å². The van der Waals surface area contributed by atoms with Crippen LogP contribution in [0.1, 0.15) is 58.8 Å². The van der Waals surface area contributed by atoms with E-state index in [1.807, 2.05) is 6.92 Å². The van der Waals surface area contributed by atoms with E-state index in [1.165, 1.54) is 0 Å². The van der Waals surface area contributed by atoms with Crippen LogP contribution in [0.25, 0.3) is 0 Å². The zero-order chi connectivity index (χ0) is 22.1. The Labute approximate surface area is 180 Å². The molecule has 8 nitrogen and oxygen atoms in total. The van der Waals surface area contributed by atoms with Gasteiger partial charge in [0.15, 0.2) is 5.78 Å². The van der Waals surface area contributed by atoms with Crippen LogP contribution in [-0.2, 0) is 23.9 Å². The number of Topliss-reactive ketones (excluding diaryl/α,β-unsaturated/α-hetero) is 1. The number of ether oxygens (including phenoxy) is 2. The third-order valence-corrected chi connectivity index (χ3v) is 10.6. The molecule has 170 valence electrons. The predicted octanol–water partition coefficient (Wildman–Crippen LogP) is 1.62. The number of hydrogen-bond acceptors (Lipinski definition) is 6. The fourth-order valence-electron chi connectivity index (χ4n) is 8.96. The maximum atomic E-state index is 12.5. The van der Waals surface area contributed by atoms with Crippen LogP contribution in [0, 0.1) is 34.5 Å². The lowest BCUT2D eigenvalue weighted by Gasteiger charge is -2.59. The van der Waals surface area contributed by atoms with Crippen LogP contribution in [0.3, 0.4) is 0 Å². The highest BCUT2D eigenvalue weighted by Crippen LogP contribution is 2.79. The van der Waals surface area contributed by atoms with E-state index in [4.69, 9.17) is 9.47 Å². The topological polar surface area (TPSA) is 137 Å². The molecule has 11 atom stereocenters. The summed E-state index contributed by atoms with van der Waals surface area (Å²) in [4.78, 5) is 36.1. The molecule has 2 heterocycles. The zero-order valence-electron chi connectivity index (χ0n) is 17.9. The molecule has 2 saturated heterocycles. The van der Waals surface area contributed by atoms with E-state index in [0.717, 1.165) is 0 Å². The van der Waals surface area contributed by atoms with E-state index in [1.54, 1.807) is 0 Å². The molecule has 0 aromatic heterocycles. The minimum Gasteiger partial charge on any atom is -0.481 e. The van der Waals surface area contributed by atoms with E-state index >= 15 is 0 Å². The van der Waals surface area contributed by atoms with Crippen molar-refractivity contribution in [3.8, 4) is 0 Å². The third kappa shape index (κ3) is 2.15. The Hall–Kier alpha value is -1.51. The fraction of sp³-hybridized carbons (Fsp3) is 0.870. The number of rotatable bonds is 4. The summed E-state index contributed by atoms with van der Waals surface area (Å²) < 4.78 is 12.3. The van der Waals surface area contributed by atoms with Crippen molar-refractivity contribution in [3.63, 3.8) is 0 Å².